The van der Waals surface area contributed by atoms with Crippen LogP contribution in [0.3, 0.4) is 0 Å². The van der Waals surface area contributed by atoms with Gasteiger partial charge in [-0.3, -0.25) is 4.79 Å². The number of hydrogen-bond donors (Lipinski definition) is 1. The summed E-state index contributed by atoms with van der Waals surface area (Å²) in [4.78, 5) is 14.2. The van der Waals surface area contributed by atoms with E-state index in [4.69, 9.17) is 5.11 Å². The highest BCUT2D eigenvalue weighted by Gasteiger charge is 2.17. The Bertz CT molecular complexity index is 403. The third-order valence-electron chi connectivity index (χ3n) is 3.63. The van der Waals surface area contributed by atoms with Crippen molar-refractivity contribution >= 4 is 5.91 Å². The zero-order chi connectivity index (χ0) is 15.7. The summed E-state index contributed by atoms with van der Waals surface area (Å²) in [6.07, 6.45) is 2.48. The molecule has 1 rings (SSSR count). The second-order valence-corrected chi connectivity index (χ2v) is 6.28. The Morgan fingerprint density at radius 1 is 1.14 bits per heavy atom. The first-order chi connectivity index (χ1) is 10.0. The van der Waals surface area contributed by atoms with Gasteiger partial charge in [-0.15, -0.1) is 0 Å². The topological polar surface area (TPSA) is 40.5 Å². The molecule has 1 amide bonds. The van der Waals surface area contributed by atoms with Gasteiger partial charge >= 0.3 is 0 Å². The lowest BCUT2D eigenvalue weighted by Crippen LogP contribution is -2.36. The molecule has 3 heteroatoms. The van der Waals surface area contributed by atoms with Crippen LogP contribution in [0.2, 0.25) is 0 Å². The molecule has 21 heavy (non-hydrogen) atoms. The van der Waals surface area contributed by atoms with Crippen LogP contribution in [0, 0.1) is 11.8 Å². The molecule has 1 N–H and O–H groups in total. The molecule has 1 aromatic carbocycles. The molecule has 0 heterocycles. The summed E-state index contributed by atoms with van der Waals surface area (Å²) < 4.78 is 0. The molecule has 0 bridgehead atoms. The number of hydrogen-bond acceptors (Lipinski definition) is 2. The minimum absolute atomic E-state index is 0.0269. The number of rotatable bonds is 9. The fourth-order valence-electron chi connectivity index (χ4n) is 2.71. The number of carbonyl (C=O) groups is 1. The summed E-state index contributed by atoms with van der Waals surface area (Å²) in [5, 5.41) is 9.17. The predicted octanol–water partition coefficient (Wildman–Crippen LogP) is 3.12. The Hall–Kier alpha value is -1.35. The molecule has 0 radical (unpaired) electrons. The Balaban J connectivity index is 2.49. The van der Waals surface area contributed by atoms with Crippen LogP contribution in [-0.2, 0) is 11.2 Å². The highest BCUT2D eigenvalue weighted by Crippen LogP contribution is 2.16. The Kier molecular flexibility index (Phi) is 8.06. The second kappa shape index (κ2) is 9.56. The van der Waals surface area contributed by atoms with Crippen LogP contribution in [0.4, 0.5) is 0 Å². The lowest BCUT2D eigenvalue weighted by Gasteiger charge is -2.24. The molecule has 0 spiro atoms. The molecule has 1 atom stereocenters. The molecule has 1 aromatic rings. The van der Waals surface area contributed by atoms with Gasteiger partial charge in [0.05, 0.1) is 6.61 Å². The number of nitrogens with zero attached hydrogens (tertiary/aromatic N) is 1. The zero-order valence-electron chi connectivity index (χ0n) is 13.6. The average Bonchev–Trinajstić information content (AvgIpc) is 2.43. The standard InChI is InChI=1S/C18H29NO2/c1-15(2)13-16(3)14-18(21)19(11-12-20)10-9-17-7-5-4-6-8-17/h4-8,15-16,20H,9-14H2,1-3H3. The Morgan fingerprint density at radius 3 is 2.38 bits per heavy atom. The number of amides is 1. The smallest absolute Gasteiger partial charge is 0.222 e. The van der Waals surface area contributed by atoms with Gasteiger partial charge in [0.2, 0.25) is 5.91 Å². The summed E-state index contributed by atoms with van der Waals surface area (Å²) >= 11 is 0. The normalized spacial score (nSPS) is 12.4. The first-order valence-corrected chi connectivity index (χ1v) is 7.95. The van der Waals surface area contributed by atoms with Crippen molar-refractivity contribution < 1.29 is 9.90 Å². The van der Waals surface area contributed by atoms with Crippen LogP contribution in [-0.4, -0.2) is 35.6 Å². The van der Waals surface area contributed by atoms with Crippen LogP contribution in [0.1, 0.15) is 39.2 Å². The predicted molar refractivity (Wildman–Crippen MR) is 87.0 cm³/mol. The molecule has 1 unspecified atom stereocenters. The van der Waals surface area contributed by atoms with Crippen molar-refractivity contribution in [3.63, 3.8) is 0 Å². The van der Waals surface area contributed by atoms with E-state index in [9.17, 15) is 4.79 Å². The molecule has 0 aliphatic rings. The molecule has 0 saturated heterocycles. The summed E-state index contributed by atoms with van der Waals surface area (Å²) in [6, 6.07) is 10.2. The number of carbonyl (C=O) groups excluding carboxylic acids is 1. The van der Waals surface area contributed by atoms with Crippen LogP contribution in [0.15, 0.2) is 30.3 Å². The number of aliphatic hydroxyl groups excluding tert-OH is 1. The molecule has 0 saturated carbocycles. The van der Waals surface area contributed by atoms with E-state index in [-0.39, 0.29) is 12.5 Å². The van der Waals surface area contributed by atoms with Crippen molar-refractivity contribution in [2.75, 3.05) is 19.7 Å². The first-order valence-electron chi connectivity index (χ1n) is 7.95. The molecular formula is C18H29NO2. The van der Waals surface area contributed by atoms with Gasteiger partial charge in [-0.05, 0) is 30.2 Å². The van der Waals surface area contributed by atoms with E-state index >= 15 is 0 Å². The summed E-state index contributed by atoms with van der Waals surface area (Å²) in [7, 11) is 0. The van der Waals surface area contributed by atoms with Crippen LogP contribution < -0.4 is 0 Å². The lowest BCUT2D eigenvalue weighted by atomic mass is 9.95. The van der Waals surface area contributed by atoms with E-state index in [2.05, 4.69) is 32.9 Å². The maximum absolute atomic E-state index is 12.4. The highest BCUT2D eigenvalue weighted by molar-refractivity contribution is 5.76. The SMILES string of the molecule is CC(C)CC(C)CC(=O)N(CCO)CCc1ccccc1. The van der Waals surface area contributed by atoms with Gasteiger partial charge in [0, 0.05) is 19.5 Å². The third kappa shape index (κ3) is 7.28. The lowest BCUT2D eigenvalue weighted by molar-refractivity contribution is -0.132. The van der Waals surface area contributed by atoms with E-state index in [1.165, 1.54) is 5.56 Å². The van der Waals surface area contributed by atoms with Crippen molar-refractivity contribution in [3.05, 3.63) is 35.9 Å². The van der Waals surface area contributed by atoms with Crippen LogP contribution in [0.25, 0.3) is 0 Å². The van der Waals surface area contributed by atoms with Gasteiger partial charge in [-0.1, -0.05) is 51.1 Å². The molecule has 0 fully saturated rings. The van der Waals surface area contributed by atoms with Crippen LogP contribution in [0.5, 0.6) is 0 Å². The van der Waals surface area contributed by atoms with E-state index in [0.29, 0.717) is 31.3 Å². The van der Waals surface area contributed by atoms with Gasteiger partial charge < -0.3 is 10.0 Å². The molecule has 0 aliphatic heterocycles. The average molecular weight is 291 g/mol. The maximum atomic E-state index is 12.4. The minimum atomic E-state index is 0.0269. The van der Waals surface area contributed by atoms with Gasteiger partial charge in [-0.25, -0.2) is 0 Å². The van der Waals surface area contributed by atoms with Gasteiger partial charge in [0.1, 0.15) is 0 Å². The molecule has 0 aliphatic carbocycles. The number of aliphatic hydroxyl groups is 1. The van der Waals surface area contributed by atoms with E-state index < -0.39 is 0 Å². The molecule has 118 valence electrons. The summed E-state index contributed by atoms with van der Waals surface area (Å²) in [6.45, 7) is 7.63. The Morgan fingerprint density at radius 2 is 1.81 bits per heavy atom. The quantitative estimate of drug-likeness (QED) is 0.759. The highest BCUT2D eigenvalue weighted by atomic mass is 16.3. The van der Waals surface area contributed by atoms with Crippen molar-refractivity contribution in [2.45, 2.75) is 40.0 Å². The summed E-state index contributed by atoms with van der Waals surface area (Å²) in [5.74, 6) is 1.17. The second-order valence-electron chi connectivity index (χ2n) is 6.28. The zero-order valence-corrected chi connectivity index (χ0v) is 13.6. The molecule has 0 aromatic heterocycles. The van der Waals surface area contributed by atoms with Crippen LogP contribution >= 0.6 is 0 Å². The third-order valence-corrected chi connectivity index (χ3v) is 3.63. The van der Waals surface area contributed by atoms with Gasteiger partial charge in [-0.2, -0.15) is 0 Å². The molecular weight excluding hydrogens is 262 g/mol. The van der Waals surface area contributed by atoms with Crippen molar-refractivity contribution in [1.29, 1.82) is 0 Å². The largest absolute Gasteiger partial charge is 0.395 e. The van der Waals surface area contributed by atoms with Crippen molar-refractivity contribution in [2.24, 2.45) is 11.8 Å². The fourth-order valence-corrected chi connectivity index (χ4v) is 2.71. The van der Waals surface area contributed by atoms with Gasteiger partial charge in [0.25, 0.3) is 0 Å². The fraction of sp³-hybridized carbons (Fsp3) is 0.611. The monoisotopic (exact) mass is 291 g/mol. The van der Waals surface area contributed by atoms with E-state index in [1.807, 2.05) is 18.2 Å². The van der Waals surface area contributed by atoms with E-state index in [1.54, 1.807) is 4.90 Å². The van der Waals surface area contributed by atoms with Crippen molar-refractivity contribution in [1.82, 2.24) is 4.90 Å². The Labute approximate surface area is 129 Å². The molecule has 3 nitrogen and oxygen atoms in total. The first kappa shape index (κ1) is 17.7. The maximum Gasteiger partial charge on any atom is 0.222 e. The van der Waals surface area contributed by atoms with Crippen molar-refractivity contribution in [3.8, 4) is 0 Å². The summed E-state index contributed by atoms with van der Waals surface area (Å²) in [5.41, 5.74) is 1.23. The van der Waals surface area contributed by atoms with Gasteiger partial charge in [0.15, 0.2) is 0 Å². The number of benzene rings is 1. The minimum Gasteiger partial charge on any atom is -0.395 e. The van der Waals surface area contributed by atoms with E-state index in [0.717, 1.165) is 12.8 Å².